The lowest BCUT2D eigenvalue weighted by molar-refractivity contribution is -0.121. The van der Waals surface area contributed by atoms with E-state index < -0.39 is 11.7 Å². The molecule has 1 heterocycles. The Morgan fingerprint density at radius 3 is 2.63 bits per heavy atom. The van der Waals surface area contributed by atoms with Gasteiger partial charge in [0.2, 0.25) is 5.91 Å². The highest BCUT2D eigenvalue weighted by atomic mass is 16.4. The first-order valence-corrected chi connectivity index (χ1v) is 8.67. The van der Waals surface area contributed by atoms with Crippen LogP contribution in [0.5, 0.6) is 5.75 Å². The number of carbonyl (C=O) groups is 1. The third-order valence-corrected chi connectivity index (χ3v) is 4.52. The highest BCUT2D eigenvalue weighted by Crippen LogP contribution is 2.23. The number of hydrogen-bond acceptors (Lipinski definition) is 5. The number of rotatable bonds is 6. The van der Waals surface area contributed by atoms with Gasteiger partial charge in [0.05, 0.1) is 24.6 Å². The summed E-state index contributed by atoms with van der Waals surface area (Å²) in [4.78, 5) is 24.7. The number of aromatic hydroxyl groups is 1. The van der Waals surface area contributed by atoms with E-state index in [0.29, 0.717) is 17.4 Å². The molecule has 0 unspecified atom stereocenters. The number of nitrogens with one attached hydrogen (secondary N) is 1. The smallest absolute Gasteiger partial charge is 0.340 e. The van der Waals surface area contributed by atoms with Gasteiger partial charge >= 0.3 is 5.63 Å². The van der Waals surface area contributed by atoms with E-state index in [2.05, 4.69) is 5.32 Å². The molecule has 0 fully saturated rings. The van der Waals surface area contributed by atoms with Crippen molar-refractivity contribution in [3.05, 3.63) is 75.6 Å². The fraction of sp³-hybridized carbons (Fsp3) is 0.238. The fourth-order valence-corrected chi connectivity index (χ4v) is 3.09. The van der Waals surface area contributed by atoms with Crippen LogP contribution >= 0.6 is 0 Å². The summed E-state index contributed by atoms with van der Waals surface area (Å²) < 4.78 is 5.24. The molecule has 0 bridgehead atoms. The molecule has 0 aliphatic heterocycles. The average molecular weight is 367 g/mol. The molecule has 0 aliphatic carbocycles. The third kappa shape index (κ3) is 4.35. The summed E-state index contributed by atoms with van der Waals surface area (Å²) in [6.45, 7) is 1.54. The predicted octanol–water partition coefficient (Wildman–Crippen LogP) is 2.07. The van der Waals surface area contributed by atoms with Crippen molar-refractivity contribution < 1.29 is 19.4 Å². The first kappa shape index (κ1) is 18.7. The molecule has 0 aliphatic rings. The quantitative estimate of drug-likeness (QED) is 0.579. The molecule has 0 radical (unpaired) electrons. The van der Waals surface area contributed by atoms with E-state index in [1.54, 1.807) is 13.0 Å². The van der Waals surface area contributed by atoms with Crippen LogP contribution in [0.4, 0.5) is 0 Å². The van der Waals surface area contributed by atoms with Crippen molar-refractivity contribution in [3.8, 4) is 5.75 Å². The van der Waals surface area contributed by atoms with Gasteiger partial charge in [0.1, 0.15) is 11.3 Å². The zero-order valence-electron chi connectivity index (χ0n) is 14.9. The summed E-state index contributed by atoms with van der Waals surface area (Å²) in [5.74, 6) is -0.360. The van der Waals surface area contributed by atoms with Crippen molar-refractivity contribution in [3.63, 3.8) is 0 Å². The Kier molecular flexibility index (Phi) is 5.57. The minimum atomic E-state index is -0.607. The number of aryl methyl sites for hydroxylation is 1. The summed E-state index contributed by atoms with van der Waals surface area (Å²) in [6, 6.07) is 13.6. The van der Waals surface area contributed by atoms with Crippen LogP contribution in [0.3, 0.4) is 0 Å². The van der Waals surface area contributed by atoms with E-state index in [1.807, 2.05) is 30.3 Å². The van der Waals surface area contributed by atoms with Crippen LogP contribution in [0.25, 0.3) is 11.0 Å². The van der Waals surface area contributed by atoms with E-state index in [4.69, 9.17) is 4.42 Å². The van der Waals surface area contributed by atoms with Gasteiger partial charge in [-0.3, -0.25) is 4.79 Å². The first-order chi connectivity index (χ1) is 13.0. The molecule has 0 saturated heterocycles. The van der Waals surface area contributed by atoms with Crippen molar-refractivity contribution in [2.45, 2.75) is 25.8 Å². The van der Waals surface area contributed by atoms with Gasteiger partial charge in [0.25, 0.3) is 0 Å². The molecule has 0 saturated carbocycles. The van der Waals surface area contributed by atoms with Crippen molar-refractivity contribution in [2.24, 2.45) is 0 Å². The number of carbonyl (C=O) groups excluding carboxylic acids is 1. The van der Waals surface area contributed by atoms with Crippen LogP contribution in [0, 0.1) is 6.92 Å². The Balaban J connectivity index is 1.77. The molecule has 6 nitrogen and oxygen atoms in total. The van der Waals surface area contributed by atoms with Gasteiger partial charge in [-0.2, -0.15) is 0 Å². The summed E-state index contributed by atoms with van der Waals surface area (Å²) in [5, 5.41) is 22.5. The van der Waals surface area contributed by atoms with E-state index >= 15 is 0 Å². The molecule has 27 heavy (non-hydrogen) atoms. The van der Waals surface area contributed by atoms with Crippen molar-refractivity contribution in [1.82, 2.24) is 5.32 Å². The van der Waals surface area contributed by atoms with Gasteiger partial charge in [0.15, 0.2) is 0 Å². The number of aliphatic hydroxyl groups excluding tert-OH is 1. The maximum absolute atomic E-state index is 12.4. The molecule has 3 N–H and O–H groups in total. The number of phenols is 1. The number of amides is 1. The summed E-state index contributed by atoms with van der Waals surface area (Å²) >= 11 is 0. The molecule has 2 aromatic carbocycles. The van der Waals surface area contributed by atoms with Crippen LogP contribution in [0.15, 0.2) is 57.7 Å². The Morgan fingerprint density at radius 2 is 1.93 bits per heavy atom. The molecule has 3 aromatic rings. The van der Waals surface area contributed by atoms with E-state index in [0.717, 1.165) is 5.56 Å². The third-order valence-electron chi connectivity index (χ3n) is 4.52. The van der Waals surface area contributed by atoms with Crippen molar-refractivity contribution in [2.75, 3.05) is 6.61 Å². The van der Waals surface area contributed by atoms with Gasteiger partial charge in [-0.15, -0.1) is 0 Å². The zero-order chi connectivity index (χ0) is 19.4. The van der Waals surface area contributed by atoms with Gasteiger partial charge in [0, 0.05) is 11.5 Å². The SMILES string of the molecule is Cc1c(CC(=O)N[C@@H](CO)Cc2ccccc2)c(=O)oc2cc(O)ccc12. The monoisotopic (exact) mass is 367 g/mol. The van der Waals surface area contributed by atoms with Crippen LogP contribution in [0.1, 0.15) is 16.7 Å². The highest BCUT2D eigenvalue weighted by molar-refractivity contribution is 5.85. The number of hydrogen-bond donors (Lipinski definition) is 3. The standard InChI is InChI=1S/C21H21NO5/c1-13-17-8-7-16(24)10-19(17)27-21(26)18(13)11-20(25)22-15(12-23)9-14-5-3-2-4-6-14/h2-8,10,15,23-24H,9,11-12H2,1H3,(H,22,25)/t15-/m1/s1. The second kappa shape index (κ2) is 8.05. The summed E-state index contributed by atoms with van der Waals surface area (Å²) in [5.41, 5.74) is 1.57. The Hall–Kier alpha value is -3.12. The average Bonchev–Trinajstić information content (AvgIpc) is 2.65. The Bertz CT molecular complexity index is 1010. The summed E-state index contributed by atoms with van der Waals surface area (Å²) in [6.07, 6.45) is 0.351. The maximum Gasteiger partial charge on any atom is 0.340 e. The van der Waals surface area contributed by atoms with Gasteiger partial charge in [-0.1, -0.05) is 30.3 Å². The zero-order valence-corrected chi connectivity index (χ0v) is 14.9. The highest BCUT2D eigenvalue weighted by Gasteiger charge is 2.18. The molecule has 140 valence electrons. The maximum atomic E-state index is 12.4. The van der Waals surface area contributed by atoms with E-state index in [9.17, 15) is 19.8 Å². The van der Waals surface area contributed by atoms with Gasteiger partial charge in [-0.25, -0.2) is 4.79 Å². The van der Waals surface area contributed by atoms with Gasteiger partial charge in [-0.05, 0) is 36.6 Å². The lowest BCUT2D eigenvalue weighted by Crippen LogP contribution is -2.40. The summed E-state index contributed by atoms with van der Waals surface area (Å²) in [7, 11) is 0. The van der Waals surface area contributed by atoms with Crippen LogP contribution in [-0.4, -0.2) is 28.8 Å². The largest absolute Gasteiger partial charge is 0.508 e. The second-order valence-corrected chi connectivity index (χ2v) is 6.49. The topological polar surface area (TPSA) is 99.8 Å². The van der Waals surface area contributed by atoms with Crippen LogP contribution in [-0.2, 0) is 17.6 Å². The molecule has 1 aromatic heterocycles. The van der Waals surface area contributed by atoms with Crippen LogP contribution < -0.4 is 10.9 Å². The predicted molar refractivity (Wildman–Crippen MR) is 102 cm³/mol. The lowest BCUT2D eigenvalue weighted by atomic mass is 10.0. The minimum absolute atomic E-state index is 0.00208. The molecule has 1 atom stereocenters. The van der Waals surface area contributed by atoms with E-state index in [-0.39, 0.29) is 35.8 Å². The minimum Gasteiger partial charge on any atom is -0.508 e. The number of benzene rings is 2. The molecule has 0 spiro atoms. The van der Waals surface area contributed by atoms with Gasteiger partial charge < -0.3 is 19.9 Å². The molecular weight excluding hydrogens is 346 g/mol. The molecule has 3 rings (SSSR count). The molecule has 1 amide bonds. The van der Waals surface area contributed by atoms with Crippen molar-refractivity contribution in [1.29, 1.82) is 0 Å². The fourth-order valence-electron chi connectivity index (χ4n) is 3.09. The Labute approximate surface area is 156 Å². The second-order valence-electron chi connectivity index (χ2n) is 6.49. The number of aliphatic hydroxyl groups is 1. The first-order valence-electron chi connectivity index (χ1n) is 8.67. The normalized spacial score (nSPS) is 12.1. The lowest BCUT2D eigenvalue weighted by Gasteiger charge is -2.17. The molecular formula is C21H21NO5. The molecule has 6 heteroatoms. The number of fused-ring (bicyclic) bond motifs is 1. The van der Waals surface area contributed by atoms with Crippen molar-refractivity contribution >= 4 is 16.9 Å². The Morgan fingerprint density at radius 1 is 1.19 bits per heavy atom. The van der Waals surface area contributed by atoms with E-state index in [1.165, 1.54) is 12.1 Å². The van der Waals surface area contributed by atoms with Crippen LogP contribution in [0.2, 0.25) is 0 Å². The number of phenolic OH excluding ortho intramolecular Hbond substituents is 1.